The Kier molecular flexibility index (Phi) is 3.09. The van der Waals surface area contributed by atoms with Crippen LogP contribution in [0.1, 0.15) is 16.7 Å². The van der Waals surface area contributed by atoms with Gasteiger partial charge < -0.3 is 5.73 Å². The zero-order chi connectivity index (χ0) is 9.68. The second-order valence-electron chi connectivity index (χ2n) is 2.67. The fourth-order valence-electron chi connectivity index (χ4n) is 1.01. The molecule has 0 aliphatic carbocycles. The summed E-state index contributed by atoms with van der Waals surface area (Å²) < 4.78 is 0. The van der Waals surface area contributed by atoms with Crippen LogP contribution in [0.4, 0.5) is 0 Å². The summed E-state index contributed by atoms with van der Waals surface area (Å²) in [7, 11) is 0. The van der Waals surface area contributed by atoms with Gasteiger partial charge in [0.15, 0.2) is 0 Å². The predicted octanol–water partition coefficient (Wildman–Crippen LogP) is 1.18. The van der Waals surface area contributed by atoms with Gasteiger partial charge in [0.1, 0.15) is 6.07 Å². The van der Waals surface area contributed by atoms with Gasteiger partial charge in [0.2, 0.25) is 0 Å². The lowest BCUT2D eigenvalue weighted by Crippen LogP contribution is -1.93. The maximum atomic E-state index is 8.76. The van der Waals surface area contributed by atoms with Crippen LogP contribution in [-0.2, 0) is 0 Å². The number of hydrogen-bond acceptors (Lipinski definition) is 2. The molecule has 0 amide bonds. The van der Waals surface area contributed by atoms with Gasteiger partial charge in [-0.25, -0.2) is 0 Å². The first-order valence-electron chi connectivity index (χ1n) is 3.97. The van der Waals surface area contributed by atoms with Crippen LogP contribution in [-0.4, -0.2) is 6.54 Å². The van der Waals surface area contributed by atoms with E-state index in [4.69, 9.17) is 11.0 Å². The molecule has 0 bridgehead atoms. The second kappa shape index (κ2) is 4.30. The van der Waals surface area contributed by atoms with E-state index >= 15 is 0 Å². The van der Waals surface area contributed by atoms with E-state index in [-0.39, 0.29) is 0 Å². The number of benzene rings is 1. The van der Waals surface area contributed by atoms with Crippen molar-refractivity contribution in [2.75, 3.05) is 6.54 Å². The van der Waals surface area contributed by atoms with Crippen molar-refractivity contribution >= 4 is 0 Å². The normalized spacial score (nSPS) is 8.38. The van der Waals surface area contributed by atoms with Crippen molar-refractivity contribution in [2.24, 2.45) is 5.73 Å². The number of nitrogens with zero attached hydrogens (tertiary/aromatic N) is 1. The molecule has 13 heavy (non-hydrogen) atoms. The second-order valence-corrected chi connectivity index (χ2v) is 2.67. The highest BCUT2D eigenvalue weighted by molar-refractivity contribution is 5.49. The van der Waals surface area contributed by atoms with Gasteiger partial charge in [0.25, 0.3) is 0 Å². The number of aryl methyl sites for hydroxylation is 1. The van der Waals surface area contributed by atoms with Crippen LogP contribution in [0.15, 0.2) is 18.2 Å². The van der Waals surface area contributed by atoms with Crippen LogP contribution in [0, 0.1) is 30.1 Å². The summed E-state index contributed by atoms with van der Waals surface area (Å²) in [5.74, 6) is 5.60. The Bertz CT molecular complexity index is 402. The average Bonchev–Trinajstić information content (AvgIpc) is 2.15. The lowest BCUT2D eigenvalue weighted by atomic mass is 10.1. The zero-order valence-corrected chi connectivity index (χ0v) is 7.46. The Labute approximate surface area is 78.0 Å². The zero-order valence-electron chi connectivity index (χ0n) is 7.46. The van der Waals surface area contributed by atoms with Crippen LogP contribution in [0.25, 0.3) is 0 Å². The predicted molar refractivity (Wildman–Crippen MR) is 51.8 cm³/mol. The minimum atomic E-state index is 0.318. The van der Waals surface area contributed by atoms with E-state index in [0.29, 0.717) is 12.1 Å². The van der Waals surface area contributed by atoms with E-state index < -0.39 is 0 Å². The average molecular weight is 170 g/mol. The molecule has 64 valence electrons. The van der Waals surface area contributed by atoms with Crippen molar-refractivity contribution < 1.29 is 0 Å². The van der Waals surface area contributed by atoms with Crippen molar-refractivity contribution in [1.82, 2.24) is 0 Å². The van der Waals surface area contributed by atoms with Crippen LogP contribution < -0.4 is 5.73 Å². The molecule has 1 aromatic rings. The van der Waals surface area contributed by atoms with Gasteiger partial charge in [-0.3, -0.25) is 0 Å². The molecule has 0 aromatic heterocycles. The molecule has 0 atom stereocenters. The third-order valence-electron chi connectivity index (χ3n) is 1.62. The topological polar surface area (TPSA) is 49.8 Å². The number of rotatable bonds is 0. The molecule has 0 aliphatic heterocycles. The van der Waals surface area contributed by atoms with Gasteiger partial charge in [-0.15, -0.1) is 0 Å². The van der Waals surface area contributed by atoms with Crippen molar-refractivity contribution in [2.45, 2.75) is 6.92 Å². The highest BCUT2D eigenvalue weighted by Gasteiger charge is 1.97. The minimum absolute atomic E-state index is 0.318. The Morgan fingerprint density at radius 3 is 2.77 bits per heavy atom. The van der Waals surface area contributed by atoms with E-state index in [0.717, 1.165) is 11.1 Å². The molecule has 0 aliphatic rings. The minimum Gasteiger partial charge on any atom is -0.320 e. The van der Waals surface area contributed by atoms with Crippen LogP contribution in [0.3, 0.4) is 0 Å². The van der Waals surface area contributed by atoms with Crippen molar-refractivity contribution in [3.63, 3.8) is 0 Å². The Morgan fingerprint density at radius 1 is 1.38 bits per heavy atom. The SMILES string of the molecule is Cc1ccc(C#N)c(C#CCN)c1. The summed E-state index contributed by atoms with van der Waals surface area (Å²) in [4.78, 5) is 0. The molecular formula is C11H10N2. The van der Waals surface area contributed by atoms with Crippen LogP contribution >= 0.6 is 0 Å². The fourth-order valence-corrected chi connectivity index (χ4v) is 1.01. The third-order valence-corrected chi connectivity index (χ3v) is 1.62. The molecule has 0 heterocycles. The molecule has 0 unspecified atom stereocenters. The lowest BCUT2D eigenvalue weighted by Gasteiger charge is -1.96. The fraction of sp³-hybridized carbons (Fsp3) is 0.182. The Morgan fingerprint density at radius 2 is 2.15 bits per heavy atom. The van der Waals surface area contributed by atoms with Gasteiger partial charge in [-0.05, 0) is 24.6 Å². The summed E-state index contributed by atoms with van der Waals surface area (Å²) in [5, 5.41) is 8.76. The summed E-state index contributed by atoms with van der Waals surface area (Å²) in [6, 6.07) is 7.65. The van der Waals surface area contributed by atoms with Crippen LogP contribution in [0.5, 0.6) is 0 Å². The van der Waals surface area contributed by atoms with Crippen LogP contribution in [0.2, 0.25) is 0 Å². The molecule has 2 nitrogen and oxygen atoms in total. The third kappa shape index (κ3) is 2.33. The number of hydrogen-bond donors (Lipinski definition) is 1. The molecule has 0 fully saturated rings. The van der Waals surface area contributed by atoms with Crippen molar-refractivity contribution in [3.8, 4) is 17.9 Å². The first-order valence-corrected chi connectivity index (χ1v) is 3.97. The first-order chi connectivity index (χ1) is 6.27. The standard InChI is InChI=1S/C11H10N2/c1-9-4-5-11(8-13)10(7-9)3-2-6-12/h4-5,7H,6,12H2,1H3. The highest BCUT2D eigenvalue weighted by atomic mass is 14.5. The quantitative estimate of drug-likeness (QED) is 0.594. The highest BCUT2D eigenvalue weighted by Crippen LogP contribution is 2.08. The van der Waals surface area contributed by atoms with Gasteiger partial charge in [0, 0.05) is 5.56 Å². The molecule has 0 saturated carbocycles. The smallest absolute Gasteiger partial charge is 0.100 e. The molecule has 1 aromatic carbocycles. The van der Waals surface area contributed by atoms with Gasteiger partial charge >= 0.3 is 0 Å². The molecule has 2 heteroatoms. The molecule has 0 spiro atoms. The number of nitrogens with two attached hydrogens (primary N) is 1. The van der Waals surface area contributed by atoms with Crippen molar-refractivity contribution in [3.05, 3.63) is 34.9 Å². The first kappa shape index (κ1) is 9.32. The van der Waals surface area contributed by atoms with E-state index in [1.807, 2.05) is 19.1 Å². The Hall–Kier alpha value is -1.77. The summed E-state index contributed by atoms with van der Waals surface area (Å²) in [6.07, 6.45) is 0. The van der Waals surface area contributed by atoms with Crippen molar-refractivity contribution in [1.29, 1.82) is 5.26 Å². The number of nitriles is 1. The summed E-state index contributed by atoms with van der Waals surface area (Å²) in [5.41, 5.74) is 7.71. The molecule has 2 N–H and O–H groups in total. The van der Waals surface area contributed by atoms with E-state index in [1.54, 1.807) is 6.07 Å². The maximum Gasteiger partial charge on any atom is 0.100 e. The largest absolute Gasteiger partial charge is 0.320 e. The van der Waals surface area contributed by atoms with E-state index in [1.165, 1.54) is 0 Å². The molecule has 0 radical (unpaired) electrons. The molecule has 1 rings (SSSR count). The monoisotopic (exact) mass is 170 g/mol. The summed E-state index contributed by atoms with van der Waals surface area (Å²) >= 11 is 0. The van der Waals surface area contributed by atoms with Gasteiger partial charge in [-0.1, -0.05) is 17.9 Å². The molecule has 0 saturated heterocycles. The van der Waals surface area contributed by atoms with E-state index in [2.05, 4.69) is 17.9 Å². The maximum absolute atomic E-state index is 8.76. The summed E-state index contributed by atoms with van der Waals surface area (Å²) in [6.45, 7) is 2.29. The van der Waals surface area contributed by atoms with Gasteiger partial charge in [-0.2, -0.15) is 5.26 Å². The van der Waals surface area contributed by atoms with E-state index in [9.17, 15) is 0 Å². The lowest BCUT2D eigenvalue weighted by molar-refractivity contribution is 1.30. The Balaban J connectivity index is 3.18. The molecular weight excluding hydrogens is 160 g/mol. The van der Waals surface area contributed by atoms with Gasteiger partial charge in [0.05, 0.1) is 12.1 Å².